The lowest BCUT2D eigenvalue weighted by Gasteiger charge is -2.39. The molecule has 1 saturated carbocycles. The minimum atomic E-state index is -0.0502. The zero-order chi connectivity index (χ0) is 19.7. The summed E-state index contributed by atoms with van der Waals surface area (Å²) in [5.74, 6) is 1.26. The Morgan fingerprint density at radius 3 is 2.64 bits per heavy atom. The molecular formula is C21H22ClN5O. The van der Waals surface area contributed by atoms with E-state index in [1.165, 1.54) is 18.4 Å². The van der Waals surface area contributed by atoms with Crippen LogP contribution in [0.1, 0.15) is 60.1 Å². The van der Waals surface area contributed by atoms with Gasteiger partial charge >= 0.3 is 0 Å². The van der Waals surface area contributed by atoms with Crippen molar-refractivity contribution in [2.24, 2.45) is 0 Å². The van der Waals surface area contributed by atoms with Crippen LogP contribution in [0.15, 0.2) is 30.5 Å². The number of carbonyl (C=O) groups excluding carboxylic acids is 1. The number of nitriles is 1. The van der Waals surface area contributed by atoms with Crippen LogP contribution in [0.3, 0.4) is 0 Å². The number of nitrogens with zero attached hydrogens (tertiary/aromatic N) is 4. The van der Waals surface area contributed by atoms with Gasteiger partial charge < -0.3 is 10.2 Å². The van der Waals surface area contributed by atoms with E-state index < -0.39 is 0 Å². The molecule has 0 bridgehead atoms. The third kappa shape index (κ3) is 3.95. The Hall–Kier alpha value is -2.65. The molecule has 2 atom stereocenters. The van der Waals surface area contributed by atoms with E-state index in [0.29, 0.717) is 23.8 Å². The molecule has 1 saturated heterocycles. The predicted molar refractivity (Wildman–Crippen MR) is 107 cm³/mol. The van der Waals surface area contributed by atoms with Gasteiger partial charge in [0.15, 0.2) is 10.8 Å². The Labute approximate surface area is 169 Å². The Balaban J connectivity index is 1.43. The minimum Gasteiger partial charge on any atom is -0.351 e. The second-order valence-corrected chi connectivity index (χ2v) is 7.98. The fraction of sp³-hybridized carbons (Fsp3) is 0.429. The lowest BCUT2D eigenvalue weighted by Crippen LogP contribution is -2.51. The Morgan fingerprint density at radius 2 is 2.00 bits per heavy atom. The third-order valence-corrected chi connectivity index (χ3v) is 5.82. The molecular weight excluding hydrogens is 374 g/mol. The van der Waals surface area contributed by atoms with Crippen molar-refractivity contribution in [3.8, 4) is 6.07 Å². The first kappa shape index (κ1) is 18.7. The van der Waals surface area contributed by atoms with Crippen LogP contribution in [0.4, 0.5) is 5.82 Å². The van der Waals surface area contributed by atoms with Crippen LogP contribution in [-0.4, -0.2) is 34.5 Å². The molecule has 1 aliphatic carbocycles. The molecule has 144 valence electrons. The first-order chi connectivity index (χ1) is 13.5. The Bertz CT molecular complexity index is 919. The van der Waals surface area contributed by atoms with Gasteiger partial charge in [0.25, 0.3) is 5.91 Å². The van der Waals surface area contributed by atoms with Gasteiger partial charge in [-0.2, -0.15) is 5.26 Å². The average Bonchev–Trinajstić information content (AvgIpc) is 3.55. The molecule has 4 rings (SSSR count). The maximum atomic E-state index is 12.7. The largest absolute Gasteiger partial charge is 0.351 e. The van der Waals surface area contributed by atoms with Gasteiger partial charge in [0.2, 0.25) is 0 Å². The molecule has 1 N–H and O–H groups in total. The second kappa shape index (κ2) is 7.76. The van der Waals surface area contributed by atoms with E-state index in [9.17, 15) is 4.79 Å². The van der Waals surface area contributed by atoms with Crippen molar-refractivity contribution in [1.82, 2.24) is 15.3 Å². The van der Waals surface area contributed by atoms with Crippen molar-refractivity contribution in [1.29, 1.82) is 5.26 Å². The summed E-state index contributed by atoms with van der Waals surface area (Å²) in [7, 11) is 0. The highest BCUT2D eigenvalue weighted by Gasteiger charge is 2.28. The number of anilines is 1. The van der Waals surface area contributed by atoms with Gasteiger partial charge in [-0.3, -0.25) is 4.79 Å². The van der Waals surface area contributed by atoms with Crippen molar-refractivity contribution in [3.63, 3.8) is 0 Å². The van der Waals surface area contributed by atoms with Crippen LogP contribution >= 0.6 is 11.6 Å². The normalized spacial score (nSPS) is 21.8. The van der Waals surface area contributed by atoms with Gasteiger partial charge in [0.1, 0.15) is 11.9 Å². The number of amides is 1. The molecule has 2 heterocycles. The SMILES string of the molecule is CC1CCC(NC(=O)c2ccc(C3CC3)cc2)CN1c1cnc(C#N)c(Cl)n1. The molecule has 28 heavy (non-hydrogen) atoms. The summed E-state index contributed by atoms with van der Waals surface area (Å²) in [6, 6.07) is 10.2. The van der Waals surface area contributed by atoms with E-state index in [2.05, 4.69) is 39.2 Å². The van der Waals surface area contributed by atoms with E-state index in [1.54, 1.807) is 6.20 Å². The number of hydrogen-bond acceptors (Lipinski definition) is 5. The van der Waals surface area contributed by atoms with E-state index in [0.717, 1.165) is 12.8 Å². The van der Waals surface area contributed by atoms with Crippen LogP contribution < -0.4 is 10.2 Å². The molecule has 1 aromatic carbocycles. The van der Waals surface area contributed by atoms with Crippen molar-refractivity contribution in [2.75, 3.05) is 11.4 Å². The predicted octanol–water partition coefficient (Wildman–Crippen LogP) is 3.67. The van der Waals surface area contributed by atoms with E-state index in [1.807, 2.05) is 18.2 Å². The highest BCUT2D eigenvalue weighted by atomic mass is 35.5. The monoisotopic (exact) mass is 395 g/mol. The number of nitrogens with one attached hydrogen (secondary N) is 1. The van der Waals surface area contributed by atoms with Crippen LogP contribution in [0, 0.1) is 11.3 Å². The Morgan fingerprint density at radius 1 is 1.25 bits per heavy atom. The Kier molecular flexibility index (Phi) is 5.19. The standard InChI is InChI=1S/C21H22ClN5O/c1-13-2-9-17(12-27(13)19-11-24-18(10-23)20(22)26-19)25-21(28)16-7-5-15(6-8-16)14-3-4-14/h5-8,11,13-14,17H,2-4,9,12H2,1H3,(H,25,28). The van der Waals surface area contributed by atoms with Gasteiger partial charge in [-0.05, 0) is 56.2 Å². The molecule has 0 radical (unpaired) electrons. The third-order valence-electron chi connectivity index (χ3n) is 5.56. The fourth-order valence-electron chi connectivity index (χ4n) is 3.71. The first-order valence-corrected chi connectivity index (χ1v) is 10.0. The summed E-state index contributed by atoms with van der Waals surface area (Å²) < 4.78 is 0. The maximum absolute atomic E-state index is 12.7. The fourth-order valence-corrected chi connectivity index (χ4v) is 3.89. The number of benzene rings is 1. The number of piperidine rings is 1. The molecule has 2 unspecified atom stereocenters. The number of halogens is 1. The highest BCUT2D eigenvalue weighted by Crippen LogP contribution is 2.39. The summed E-state index contributed by atoms with van der Waals surface area (Å²) in [6.45, 7) is 2.74. The molecule has 6 nitrogen and oxygen atoms in total. The number of rotatable bonds is 4. The molecule has 7 heteroatoms. The summed E-state index contributed by atoms with van der Waals surface area (Å²) in [6.07, 6.45) is 5.90. The van der Waals surface area contributed by atoms with Gasteiger partial charge in [-0.1, -0.05) is 23.7 Å². The van der Waals surface area contributed by atoms with E-state index in [4.69, 9.17) is 16.9 Å². The quantitative estimate of drug-likeness (QED) is 0.854. The zero-order valence-corrected chi connectivity index (χ0v) is 16.5. The maximum Gasteiger partial charge on any atom is 0.251 e. The van der Waals surface area contributed by atoms with E-state index >= 15 is 0 Å². The van der Waals surface area contributed by atoms with Crippen LogP contribution in [0.25, 0.3) is 0 Å². The van der Waals surface area contributed by atoms with Gasteiger partial charge in [-0.15, -0.1) is 0 Å². The molecule has 2 aliphatic rings. The minimum absolute atomic E-state index is 0.0167. The molecule has 2 aromatic rings. The smallest absolute Gasteiger partial charge is 0.251 e. The van der Waals surface area contributed by atoms with Gasteiger partial charge in [0.05, 0.1) is 6.20 Å². The number of carbonyl (C=O) groups is 1. The van der Waals surface area contributed by atoms with Crippen molar-refractivity contribution >= 4 is 23.3 Å². The van der Waals surface area contributed by atoms with Crippen LogP contribution in [0.5, 0.6) is 0 Å². The second-order valence-electron chi connectivity index (χ2n) is 7.62. The zero-order valence-electron chi connectivity index (χ0n) is 15.7. The summed E-state index contributed by atoms with van der Waals surface area (Å²) in [4.78, 5) is 23.1. The number of hydrogen-bond donors (Lipinski definition) is 1. The molecule has 1 aliphatic heterocycles. The van der Waals surface area contributed by atoms with E-state index in [-0.39, 0.29) is 28.8 Å². The average molecular weight is 396 g/mol. The number of aromatic nitrogens is 2. The lowest BCUT2D eigenvalue weighted by molar-refractivity contribution is 0.0931. The summed E-state index contributed by atoms with van der Waals surface area (Å²) in [5, 5.41) is 12.2. The summed E-state index contributed by atoms with van der Waals surface area (Å²) >= 11 is 6.04. The van der Waals surface area contributed by atoms with Gasteiger partial charge in [-0.25, -0.2) is 9.97 Å². The lowest BCUT2D eigenvalue weighted by atomic mass is 9.99. The first-order valence-electron chi connectivity index (χ1n) is 9.65. The molecule has 0 spiro atoms. The molecule has 1 amide bonds. The topological polar surface area (TPSA) is 81.9 Å². The molecule has 2 fully saturated rings. The van der Waals surface area contributed by atoms with Crippen LogP contribution in [-0.2, 0) is 0 Å². The van der Waals surface area contributed by atoms with Gasteiger partial charge in [0, 0.05) is 24.2 Å². The van der Waals surface area contributed by atoms with Crippen molar-refractivity contribution < 1.29 is 4.79 Å². The highest BCUT2D eigenvalue weighted by molar-refractivity contribution is 6.30. The molecule has 1 aromatic heterocycles. The van der Waals surface area contributed by atoms with Crippen LogP contribution in [0.2, 0.25) is 5.15 Å². The summed E-state index contributed by atoms with van der Waals surface area (Å²) in [5.41, 5.74) is 2.14. The van der Waals surface area contributed by atoms with Crippen molar-refractivity contribution in [2.45, 2.75) is 50.6 Å². The van der Waals surface area contributed by atoms with Crippen molar-refractivity contribution in [3.05, 3.63) is 52.4 Å².